The van der Waals surface area contributed by atoms with Crippen LogP contribution in [0.4, 0.5) is 19.3 Å². The molecule has 0 radical (unpaired) electrons. The summed E-state index contributed by atoms with van der Waals surface area (Å²) in [5.74, 6) is -0.307. The van der Waals surface area contributed by atoms with Crippen molar-refractivity contribution in [3.63, 3.8) is 0 Å². The van der Waals surface area contributed by atoms with E-state index < -0.39 is 18.7 Å². The molecule has 5 nitrogen and oxygen atoms in total. The molecule has 0 spiro atoms. The molecule has 1 atom stereocenters. The van der Waals surface area contributed by atoms with Crippen molar-refractivity contribution < 1.29 is 18.7 Å². The van der Waals surface area contributed by atoms with Crippen LogP contribution in [0.1, 0.15) is 6.92 Å². The minimum Gasteiger partial charge on any atom is -0.506 e. The molecule has 1 aliphatic rings. The smallest absolute Gasteiger partial charge is 0.344 e. The molecule has 104 valence electrons. The van der Waals surface area contributed by atoms with Crippen molar-refractivity contribution in [1.29, 1.82) is 0 Å². The second kappa shape index (κ2) is 4.99. The predicted molar refractivity (Wildman–Crippen MR) is 66.4 cm³/mol. The summed E-state index contributed by atoms with van der Waals surface area (Å²) in [5, 5.41) is 10.4. The van der Waals surface area contributed by atoms with Gasteiger partial charge in [-0.2, -0.15) is 8.78 Å². The Hall–Kier alpha value is -1.31. The van der Waals surface area contributed by atoms with E-state index in [1.807, 2.05) is 0 Å². The Balaban J connectivity index is 2.39. The van der Waals surface area contributed by atoms with Gasteiger partial charge in [0, 0.05) is 6.07 Å². The van der Waals surface area contributed by atoms with E-state index in [2.05, 4.69) is 5.43 Å². The van der Waals surface area contributed by atoms with Gasteiger partial charge in [-0.15, -0.1) is 0 Å². The van der Waals surface area contributed by atoms with Gasteiger partial charge in [-0.1, -0.05) is 23.2 Å². The molecule has 9 heteroatoms. The number of nitrogens with zero attached hydrogens (tertiary/aromatic N) is 2. The molecule has 2 rings (SSSR count). The van der Waals surface area contributed by atoms with Crippen molar-refractivity contribution in [2.45, 2.75) is 19.6 Å². The van der Waals surface area contributed by atoms with Gasteiger partial charge < -0.3 is 5.11 Å². The molecule has 1 unspecified atom stereocenters. The Morgan fingerprint density at radius 3 is 2.53 bits per heavy atom. The first-order valence-electron chi connectivity index (χ1n) is 5.17. The third-order valence-electron chi connectivity index (χ3n) is 2.61. The van der Waals surface area contributed by atoms with Crippen molar-refractivity contribution in [2.24, 2.45) is 0 Å². The van der Waals surface area contributed by atoms with E-state index in [9.17, 15) is 18.7 Å². The van der Waals surface area contributed by atoms with Crippen LogP contribution < -0.4 is 10.4 Å². The number of carbonyl (C=O) groups is 1. The van der Waals surface area contributed by atoms with Gasteiger partial charge in [0.15, 0.2) is 0 Å². The van der Waals surface area contributed by atoms with Crippen molar-refractivity contribution in [3.8, 4) is 5.75 Å². The third kappa shape index (κ3) is 2.41. The Morgan fingerprint density at radius 2 is 2.00 bits per heavy atom. The largest absolute Gasteiger partial charge is 0.506 e. The molecule has 1 fully saturated rings. The van der Waals surface area contributed by atoms with Gasteiger partial charge in [0.25, 0.3) is 0 Å². The summed E-state index contributed by atoms with van der Waals surface area (Å²) >= 11 is 11.5. The minimum absolute atomic E-state index is 0.000778. The van der Waals surface area contributed by atoms with Gasteiger partial charge in [0.1, 0.15) is 11.9 Å². The lowest BCUT2D eigenvalue weighted by atomic mass is 10.3. The molecule has 1 heterocycles. The second-order valence-electron chi connectivity index (χ2n) is 3.86. The summed E-state index contributed by atoms with van der Waals surface area (Å²) in [5.41, 5.74) is 2.57. The molecule has 1 aliphatic heterocycles. The quantitative estimate of drug-likeness (QED) is 0.825. The fraction of sp³-hybridized carbons (Fsp3) is 0.300. The summed E-state index contributed by atoms with van der Waals surface area (Å²) in [4.78, 5) is 12.2. The number of halogens is 4. The van der Waals surface area contributed by atoms with E-state index in [4.69, 9.17) is 23.2 Å². The molecule has 0 saturated carbocycles. The maximum Gasteiger partial charge on any atom is 0.344 e. The van der Waals surface area contributed by atoms with Crippen LogP contribution in [0.25, 0.3) is 0 Å². The average molecular weight is 312 g/mol. The molecule has 1 aromatic rings. The summed E-state index contributed by atoms with van der Waals surface area (Å²) in [6, 6.07) is 1.38. The van der Waals surface area contributed by atoms with Crippen LogP contribution in [0.3, 0.4) is 0 Å². The maximum absolute atomic E-state index is 12.7. The van der Waals surface area contributed by atoms with Crippen LogP contribution in [0.2, 0.25) is 10.0 Å². The van der Waals surface area contributed by atoms with Gasteiger partial charge in [0.2, 0.25) is 0 Å². The number of rotatable bonds is 2. The Morgan fingerprint density at radius 1 is 1.37 bits per heavy atom. The predicted octanol–water partition coefficient (Wildman–Crippen LogP) is 3.01. The number of hydrogen-bond acceptors (Lipinski definition) is 3. The normalized spacial score (nSPS) is 19.7. The molecular weight excluding hydrogens is 303 g/mol. The fourth-order valence-electron chi connectivity index (χ4n) is 1.71. The highest BCUT2D eigenvalue weighted by molar-refractivity contribution is 6.37. The van der Waals surface area contributed by atoms with E-state index in [0.29, 0.717) is 4.90 Å². The Labute approximate surface area is 117 Å². The standard InChI is InChI=1S/C10H9Cl2F2N3O2/c1-4-15-17(10(19)16(4)9(13)14)7-3-8(18)6(12)2-5(7)11/h2-4,9,15,18H,1H3. The van der Waals surface area contributed by atoms with Crippen LogP contribution >= 0.6 is 23.2 Å². The second-order valence-corrected chi connectivity index (χ2v) is 4.68. The summed E-state index contributed by atoms with van der Waals surface area (Å²) in [6.45, 7) is -1.55. The first kappa shape index (κ1) is 14.1. The monoisotopic (exact) mass is 311 g/mol. The number of anilines is 1. The van der Waals surface area contributed by atoms with Gasteiger partial charge >= 0.3 is 12.6 Å². The van der Waals surface area contributed by atoms with Crippen LogP contribution in [0.15, 0.2) is 12.1 Å². The van der Waals surface area contributed by atoms with E-state index in [1.54, 1.807) is 0 Å². The zero-order valence-corrected chi connectivity index (χ0v) is 11.1. The fourth-order valence-corrected chi connectivity index (χ4v) is 2.18. The van der Waals surface area contributed by atoms with Crippen LogP contribution in [-0.4, -0.2) is 28.8 Å². The van der Waals surface area contributed by atoms with E-state index in [0.717, 1.165) is 11.1 Å². The lowest BCUT2D eigenvalue weighted by Gasteiger charge is -2.18. The molecular formula is C10H9Cl2F2N3O2. The molecule has 0 bridgehead atoms. The molecule has 0 aromatic heterocycles. The lowest BCUT2D eigenvalue weighted by Crippen LogP contribution is -2.38. The van der Waals surface area contributed by atoms with Gasteiger partial charge in [-0.25, -0.2) is 20.1 Å². The minimum atomic E-state index is -2.94. The summed E-state index contributed by atoms with van der Waals surface area (Å²) in [6.07, 6.45) is -0.901. The molecule has 0 aliphatic carbocycles. The highest BCUT2D eigenvalue weighted by atomic mass is 35.5. The zero-order chi connectivity index (χ0) is 14.3. The van der Waals surface area contributed by atoms with E-state index >= 15 is 0 Å². The molecule has 2 N–H and O–H groups in total. The third-order valence-corrected chi connectivity index (χ3v) is 3.22. The number of amides is 2. The highest BCUT2D eigenvalue weighted by Crippen LogP contribution is 2.36. The van der Waals surface area contributed by atoms with E-state index in [-0.39, 0.29) is 21.5 Å². The van der Waals surface area contributed by atoms with Crippen molar-refractivity contribution in [1.82, 2.24) is 10.3 Å². The number of aromatic hydroxyl groups is 1. The number of phenols is 1. The maximum atomic E-state index is 12.7. The van der Waals surface area contributed by atoms with Gasteiger partial charge in [0.05, 0.1) is 15.7 Å². The SMILES string of the molecule is CC1NN(c2cc(O)c(Cl)cc2Cl)C(=O)N1C(F)F. The summed E-state index contributed by atoms with van der Waals surface area (Å²) < 4.78 is 25.4. The zero-order valence-electron chi connectivity index (χ0n) is 9.57. The average Bonchev–Trinajstić information content (AvgIpc) is 2.59. The van der Waals surface area contributed by atoms with Gasteiger partial charge in [-0.3, -0.25) is 0 Å². The van der Waals surface area contributed by atoms with Crippen LogP contribution in [0.5, 0.6) is 5.75 Å². The number of hydrogen-bond donors (Lipinski definition) is 2. The van der Waals surface area contributed by atoms with Gasteiger partial charge in [-0.05, 0) is 13.0 Å². The topological polar surface area (TPSA) is 55.8 Å². The number of carbonyl (C=O) groups excluding carboxylic acids is 1. The van der Waals surface area contributed by atoms with Crippen molar-refractivity contribution in [3.05, 3.63) is 22.2 Å². The Kier molecular flexibility index (Phi) is 3.71. The molecule has 1 saturated heterocycles. The highest BCUT2D eigenvalue weighted by Gasteiger charge is 2.41. The first-order valence-corrected chi connectivity index (χ1v) is 5.93. The number of alkyl halides is 2. The van der Waals surface area contributed by atoms with Crippen molar-refractivity contribution in [2.75, 3.05) is 5.01 Å². The number of phenolic OH excluding ortho intramolecular Hbond substituents is 1. The van der Waals surface area contributed by atoms with Crippen molar-refractivity contribution >= 4 is 34.9 Å². The van der Waals surface area contributed by atoms with Crippen LogP contribution in [-0.2, 0) is 0 Å². The number of nitrogens with one attached hydrogen (secondary N) is 1. The summed E-state index contributed by atoms with van der Waals surface area (Å²) in [7, 11) is 0. The first-order chi connectivity index (χ1) is 8.82. The molecule has 19 heavy (non-hydrogen) atoms. The molecule has 2 amide bonds. The number of benzene rings is 1. The van der Waals surface area contributed by atoms with E-state index in [1.165, 1.54) is 13.0 Å². The number of hydrazine groups is 1. The number of urea groups is 1. The molecule has 1 aromatic carbocycles. The Bertz CT molecular complexity index is 530. The van der Waals surface area contributed by atoms with Crippen LogP contribution in [0, 0.1) is 0 Å². The lowest BCUT2D eigenvalue weighted by molar-refractivity contribution is -0.00783.